The van der Waals surface area contributed by atoms with E-state index < -0.39 is 0 Å². The van der Waals surface area contributed by atoms with Crippen LogP contribution in [-0.2, 0) is 5.75 Å². The standard InChI is InChI=1S/C19H24N2OS/c1-21(2)14-8-13-20-19(22)17-11-6-7-12-18(17)23-15-16-9-4-3-5-10-16/h3-7,9-12H,8,13-15H2,1-2H3,(H,20,22)/p+1. The Morgan fingerprint density at radius 2 is 1.74 bits per heavy atom. The van der Waals surface area contributed by atoms with Crippen molar-refractivity contribution in [1.29, 1.82) is 0 Å². The van der Waals surface area contributed by atoms with E-state index in [1.165, 1.54) is 10.5 Å². The van der Waals surface area contributed by atoms with Gasteiger partial charge in [0.05, 0.1) is 26.2 Å². The highest BCUT2D eigenvalue weighted by molar-refractivity contribution is 7.98. The van der Waals surface area contributed by atoms with E-state index >= 15 is 0 Å². The second-order valence-corrected chi connectivity index (χ2v) is 6.85. The molecule has 0 aromatic heterocycles. The molecule has 0 saturated carbocycles. The predicted molar refractivity (Wildman–Crippen MR) is 97.1 cm³/mol. The van der Waals surface area contributed by atoms with Crippen molar-refractivity contribution < 1.29 is 9.69 Å². The molecule has 0 radical (unpaired) electrons. The molecule has 0 aliphatic rings. The van der Waals surface area contributed by atoms with Crippen LogP contribution < -0.4 is 10.2 Å². The molecule has 2 aromatic rings. The summed E-state index contributed by atoms with van der Waals surface area (Å²) in [4.78, 5) is 14.8. The predicted octanol–water partition coefficient (Wildman–Crippen LogP) is 2.24. The Bertz CT molecular complexity index is 614. The molecule has 23 heavy (non-hydrogen) atoms. The molecule has 0 saturated heterocycles. The van der Waals surface area contributed by atoms with Crippen molar-refractivity contribution >= 4 is 17.7 Å². The molecule has 3 nitrogen and oxygen atoms in total. The normalized spacial score (nSPS) is 10.7. The Labute approximate surface area is 143 Å². The minimum Gasteiger partial charge on any atom is -0.352 e. The Balaban J connectivity index is 1.92. The van der Waals surface area contributed by atoms with E-state index in [9.17, 15) is 4.79 Å². The molecule has 2 aromatic carbocycles. The van der Waals surface area contributed by atoms with Gasteiger partial charge in [-0.1, -0.05) is 42.5 Å². The van der Waals surface area contributed by atoms with Crippen LogP contribution >= 0.6 is 11.8 Å². The van der Waals surface area contributed by atoms with Crippen LogP contribution in [0.4, 0.5) is 0 Å². The summed E-state index contributed by atoms with van der Waals surface area (Å²) in [5.74, 6) is 0.893. The zero-order valence-corrected chi connectivity index (χ0v) is 14.7. The summed E-state index contributed by atoms with van der Waals surface area (Å²) >= 11 is 1.71. The van der Waals surface area contributed by atoms with Gasteiger partial charge in [-0.3, -0.25) is 4.79 Å². The van der Waals surface area contributed by atoms with Crippen LogP contribution in [0.25, 0.3) is 0 Å². The first-order chi connectivity index (χ1) is 11.2. The lowest BCUT2D eigenvalue weighted by atomic mass is 10.2. The summed E-state index contributed by atoms with van der Waals surface area (Å²) in [6, 6.07) is 18.2. The lowest BCUT2D eigenvalue weighted by Gasteiger charge is -2.11. The molecule has 0 spiro atoms. The molecular weight excluding hydrogens is 304 g/mol. The summed E-state index contributed by atoms with van der Waals surface area (Å²) in [6.45, 7) is 1.78. The Morgan fingerprint density at radius 3 is 2.48 bits per heavy atom. The van der Waals surface area contributed by atoms with Gasteiger partial charge in [0.1, 0.15) is 0 Å². The molecule has 2 N–H and O–H groups in total. The van der Waals surface area contributed by atoms with E-state index in [2.05, 4.69) is 31.5 Å². The van der Waals surface area contributed by atoms with Crippen molar-refractivity contribution in [3.05, 3.63) is 65.7 Å². The first-order valence-electron chi connectivity index (χ1n) is 8.00. The second kappa shape index (κ2) is 9.38. The maximum atomic E-state index is 12.4. The van der Waals surface area contributed by atoms with Gasteiger partial charge in [0, 0.05) is 23.6 Å². The van der Waals surface area contributed by atoms with Crippen LogP contribution in [0.2, 0.25) is 0 Å². The summed E-state index contributed by atoms with van der Waals surface area (Å²) in [5, 5.41) is 3.03. The van der Waals surface area contributed by atoms with Crippen molar-refractivity contribution in [2.75, 3.05) is 27.2 Å². The lowest BCUT2D eigenvalue weighted by molar-refractivity contribution is -0.858. The number of carbonyl (C=O) groups is 1. The van der Waals surface area contributed by atoms with Gasteiger partial charge in [0.2, 0.25) is 0 Å². The van der Waals surface area contributed by atoms with Gasteiger partial charge in [-0.25, -0.2) is 0 Å². The number of benzene rings is 2. The van der Waals surface area contributed by atoms with Gasteiger partial charge < -0.3 is 10.2 Å². The Morgan fingerprint density at radius 1 is 1.04 bits per heavy atom. The lowest BCUT2D eigenvalue weighted by Crippen LogP contribution is -3.05. The minimum atomic E-state index is 0.0231. The van der Waals surface area contributed by atoms with Crippen LogP contribution in [0, 0.1) is 0 Å². The van der Waals surface area contributed by atoms with E-state index in [-0.39, 0.29) is 5.91 Å². The topological polar surface area (TPSA) is 33.5 Å². The minimum absolute atomic E-state index is 0.0231. The first-order valence-corrected chi connectivity index (χ1v) is 8.98. The first kappa shape index (κ1) is 17.6. The summed E-state index contributed by atoms with van der Waals surface area (Å²) in [7, 11) is 4.24. The van der Waals surface area contributed by atoms with Crippen molar-refractivity contribution in [1.82, 2.24) is 5.32 Å². The zero-order valence-electron chi connectivity index (χ0n) is 13.8. The van der Waals surface area contributed by atoms with E-state index in [1.54, 1.807) is 11.8 Å². The van der Waals surface area contributed by atoms with E-state index in [0.717, 1.165) is 35.7 Å². The molecule has 0 aliphatic carbocycles. The van der Waals surface area contributed by atoms with E-state index in [4.69, 9.17) is 0 Å². The number of hydrogen-bond acceptors (Lipinski definition) is 2. The van der Waals surface area contributed by atoms with Gasteiger partial charge in [0.25, 0.3) is 5.91 Å². The highest BCUT2D eigenvalue weighted by Crippen LogP contribution is 2.26. The average Bonchev–Trinajstić information content (AvgIpc) is 2.58. The van der Waals surface area contributed by atoms with Crippen LogP contribution in [0.1, 0.15) is 22.3 Å². The van der Waals surface area contributed by atoms with Gasteiger partial charge in [-0.2, -0.15) is 0 Å². The summed E-state index contributed by atoms with van der Waals surface area (Å²) in [6.07, 6.45) is 0.993. The number of quaternary nitrogens is 1. The molecule has 4 heteroatoms. The molecule has 122 valence electrons. The molecular formula is C19H25N2OS+. The molecule has 0 aliphatic heterocycles. The van der Waals surface area contributed by atoms with Crippen molar-refractivity contribution in [2.24, 2.45) is 0 Å². The molecule has 0 atom stereocenters. The van der Waals surface area contributed by atoms with Gasteiger partial charge >= 0.3 is 0 Å². The molecule has 0 bridgehead atoms. The zero-order chi connectivity index (χ0) is 16.5. The SMILES string of the molecule is C[NH+](C)CCCNC(=O)c1ccccc1SCc1ccccc1. The number of carbonyl (C=O) groups excluding carboxylic acids is 1. The fourth-order valence-electron chi connectivity index (χ4n) is 2.25. The third-order valence-corrected chi connectivity index (χ3v) is 4.65. The third kappa shape index (κ3) is 6.08. The second-order valence-electron chi connectivity index (χ2n) is 5.84. The number of rotatable bonds is 8. The Hall–Kier alpha value is -1.78. The molecule has 0 unspecified atom stereocenters. The largest absolute Gasteiger partial charge is 0.352 e. The summed E-state index contributed by atoms with van der Waals surface area (Å²) < 4.78 is 0. The maximum absolute atomic E-state index is 12.4. The van der Waals surface area contributed by atoms with Gasteiger partial charge in [-0.05, 0) is 17.7 Å². The third-order valence-electron chi connectivity index (χ3n) is 3.51. The number of amides is 1. The fraction of sp³-hybridized carbons (Fsp3) is 0.316. The van der Waals surface area contributed by atoms with Gasteiger partial charge in [0.15, 0.2) is 0 Å². The van der Waals surface area contributed by atoms with E-state index in [1.807, 2.05) is 42.5 Å². The quantitative estimate of drug-likeness (QED) is 0.575. The average molecular weight is 329 g/mol. The van der Waals surface area contributed by atoms with Crippen molar-refractivity contribution in [3.8, 4) is 0 Å². The number of hydrogen-bond donors (Lipinski definition) is 2. The van der Waals surface area contributed by atoms with Crippen LogP contribution in [0.5, 0.6) is 0 Å². The van der Waals surface area contributed by atoms with E-state index in [0.29, 0.717) is 0 Å². The fourth-order valence-corrected chi connectivity index (χ4v) is 3.26. The molecule has 0 fully saturated rings. The molecule has 0 heterocycles. The highest BCUT2D eigenvalue weighted by Gasteiger charge is 2.11. The van der Waals surface area contributed by atoms with Crippen LogP contribution in [0.3, 0.4) is 0 Å². The van der Waals surface area contributed by atoms with Crippen molar-refractivity contribution in [2.45, 2.75) is 17.1 Å². The monoisotopic (exact) mass is 329 g/mol. The number of nitrogens with one attached hydrogen (secondary N) is 2. The maximum Gasteiger partial charge on any atom is 0.252 e. The summed E-state index contributed by atoms with van der Waals surface area (Å²) in [5.41, 5.74) is 2.03. The van der Waals surface area contributed by atoms with Crippen molar-refractivity contribution in [3.63, 3.8) is 0 Å². The molecule has 1 amide bonds. The Kier molecular flexibility index (Phi) is 7.17. The highest BCUT2D eigenvalue weighted by atomic mass is 32.2. The van der Waals surface area contributed by atoms with Crippen LogP contribution in [0.15, 0.2) is 59.5 Å². The molecule has 2 rings (SSSR count). The van der Waals surface area contributed by atoms with Crippen LogP contribution in [-0.4, -0.2) is 33.1 Å². The smallest absolute Gasteiger partial charge is 0.252 e. The van der Waals surface area contributed by atoms with Gasteiger partial charge in [-0.15, -0.1) is 11.8 Å². The number of thioether (sulfide) groups is 1.